The van der Waals surface area contributed by atoms with Gasteiger partial charge in [-0.05, 0) is 52.4 Å². The molecule has 1 aromatic rings. The van der Waals surface area contributed by atoms with Gasteiger partial charge < -0.3 is 4.74 Å². The van der Waals surface area contributed by atoms with Gasteiger partial charge in [-0.15, -0.1) is 0 Å². The number of aliphatic imine (C=N–C) groups is 1. The lowest BCUT2D eigenvalue weighted by molar-refractivity contribution is 0.0636. The smallest absolute Gasteiger partial charge is 0.412 e. The van der Waals surface area contributed by atoms with E-state index < -0.39 is 11.7 Å². The highest BCUT2D eigenvalue weighted by Gasteiger charge is 2.22. The van der Waals surface area contributed by atoms with E-state index in [-0.39, 0.29) is 10.3 Å². The van der Waals surface area contributed by atoms with Crippen molar-refractivity contribution in [3.63, 3.8) is 0 Å². The fourth-order valence-electron chi connectivity index (χ4n) is 3.04. The molecule has 0 unspecified atom stereocenters. The molecule has 2 rings (SSSR count). The average molecular weight is 400 g/mol. The van der Waals surface area contributed by atoms with Crippen molar-refractivity contribution in [3.05, 3.63) is 16.4 Å². The third-order valence-electron chi connectivity index (χ3n) is 4.45. The van der Waals surface area contributed by atoms with Gasteiger partial charge in [0.25, 0.3) is 0 Å². The maximum atomic E-state index is 12.1. The second-order valence-electron chi connectivity index (χ2n) is 7.97. The monoisotopic (exact) mass is 399 g/mol. The van der Waals surface area contributed by atoms with Crippen LogP contribution < -0.4 is 5.32 Å². The van der Waals surface area contributed by atoms with Crippen molar-refractivity contribution in [3.8, 4) is 0 Å². The zero-order valence-electron chi connectivity index (χ0n) is 16.0. The largest absolute Gasteiger partial charge is 0.444 e. The van der Waals surface area contributed by atoms with Crippen LogP contribution in [-0.4, -0.2) is 22.4 Å². The minimum absolute atomic E-state index is 0.159. The number of nitrogens with zero attached hydrogens (tertiary/aromatic N) is 2. The molecule has 0 atom stereocenters. The molecule has 1 heterocycles. The second kappa shape index (κ2) is 8.57. The van der Waals surface area contributed by atoms with Crippen LogP contribution in [0.5, 0.6) is 0 Å². The van der Waals surface area contributed by atoms with E-state index in [0.29, 0.717) is 17.3 Å². The van der Waals surface area contributed by atoms with Crippen LogP contribution >= 0.6 is 23.2 Å². The van der Waals surface area contributed by atoms with E-state index in [4.69, 9.17) is 32.9 Å². The highest BCUT2D eigenvalue weighted by Crippen LogP contribution is 2.36. The number of carbonyl (C=O) groups excluding carboxylic acids is 1. The van der Waals surface area contributed by atoms with Crippen molar-refractivity contribution < 1.29 is 9.53 Å². The van der Waals surface area contributed by atoms with E-state index in [1.165, 1.54) is 18.9 Å². The number of hydrogen-bond donors (Lipinski definition) is 1. The lowest BCUT2D eigenvalue weighted by Gasteiger charge is -2.26. The zero-order valence-corrected chi connectivity index (χ0v) is 17.5. The van der Waals surface area contributed by atoms with Gasteiger partial charge in [-0.1, -0.05) is 43.0 Å². The van der Waals surface area contributed by atoms with Crippen LogP contribution in [0.2, 0.25) is 10.3 Å². The summed E-state index contributed by atoms with van der Waals surface area (Å²) in [5.74, 6) is 1.19. The Hall–Kier alpha value is -1.33. The lowest BCUT2D eigenvalue weighted by Crippen LogP contribution is -2.27. The van der Waals surface area contributed by atoms with Gasteiger partial charge in [-0.3, -0.25) is 10.3 Å². The number of ether oxygens (including phenoxy) is 1. The molecule has 7 heteroatoms. The van der Waals surface area contributed by atoms with Gasteiger partial charge in [0.15, 0.2) is 5.15 Å². The summed E-state index contributed by atoms with van der Waals surface area (Å²) in [4.78, 5) is 20.9. The van der Waals surface area contributed by atoms with Crippen LogP contribution in [0.25, 0.3) is 0 Å². The molecule has 1 fully saturated rings. The molecule has 144 valence electrons. The van der Waals surface area contributed by atoms with Gasteiger partial charge in [0, 0.05) is 11.8 Å². The Bertz CT molecular complexity index is 691. The van der Waals surface area contributed by atoms with Crippen LogP contribution in [0.4, 0.5) is 16.2 Å². The summed E-state index contributed by atoms with van der Waals surface area (Å²) >= 11 is 12.3. The van der Waals surface area contributed by atoms with Gasteiger partial charge in [0.1, 0.15) is 16.4 Å². The minimum Gasteiger partial charge on any atom is -0.444 e. The summed E-state index contributed by atoms with van der Waals surface area (Å²) < 4.78 is 5.30. The molecule has 1 aromatic heterocycles. The third kappa shape index (κ3) is 6.13. The number of carbonyl (C=O) groups is 1. The Morgan fingerprint density at radius 3 is 2.46 bits per heavy atom. The molecule has 0 saturated heterocycles. The fourth-order valence-corrected chi connectivity index (χ4v) is 3.51. The number of amides is 1. The van der Waals surface area contributed by atoms with Gasteiger partial charge in [0.2, 0.25) is 0 Å². The molecule has 0 radical (unpaired) electrons. The molecule has 0 spiro atoms. The van der Waals surface area contributed by atoms with E-state index >= 15 is 0 Å². The standard InChI is InChI=1S/C19H27Cl2N3O2/c1-11-6-8-13(9-7-11)12(2)22-16-14(10-15(20)24-17(16)21)23-18(25)26-19(3,4)5/h10-11,13H,6-9H2,1-5H3,(H,23,24,25)/b22-12+/t11-,13-. The number of halogens is 2. The molecule has 26 heavy (non-hydrogen) atoms. The Kier molecular flexibility index (Phi) is 6.92. The predicted molar refractivity (Wildman–Crippen MR) is 108 cm³/mol. The van der Waals surface area contributed by atoms with E-state index in [1.807, 2.05) is 6.92 Å². The summed E-state index contributed by atoms with van der Waals surface area (Å²) in [7, 11) is 0. The predicted octanol–water partition coefficient (Wildman–Crippen LogP) is 6.65. The molecular formula is C19H27Cl2N3O2. The van der Waals surface area contributed by atoms with E-state index in [1.54, 1.807) is 20.8 Å². The first kappa shape index (κ1) is 21.0. The molecule has 1 saturated carbocycles. The van der Waals surface area contributed by atoms with Crippen molar-refractivity contribution >= 4 is 46.4 Å². The molecule has 1 amide bonds. The van der Waals surface area contributed by atoms with E-state index in [2.05, 4.69) is 17.2 Å². The quantitative estimate of drug-likeness (QED) is 0.456. The molecule has 0 bridgehead atoms. The molecule has 1 aliphatic rings. The first-order valence-corrected chi connectivity index (χ1v) is 9.72. The summed E-state index contributed by atoms with van der Waals surface area (Å²) in [6.45, 7) is 9.68. The highest BCUT2D eigenvalue weighted by molar-refractivity contribution is 6.35. The maximum Gasteiger partial charge on any atom is 0.412 e. The lowest BCUT2D eigenvalue weighted by atomic mass is 9.81. The van der Waals surface area contributed by atoms with Gasteiger partial charge in [-0.25, -0.2) is 9.78 Å². The molecule has 1 aliphatic carbocycles. The number of hydrogen-bond acceptors (Lipinski definition) is 4. The summed E-state index contributed by atoms with van der Waals surface area (Å²) in [5, 5.41) is 3.03. The zero-order chi connectivity index (χ0) is 19.5. The molecule has 0 aliphatic heterocycles. The first-order chi connectivity index (χ1) is 12.0. The first-order valence-electron chi connectivity index (χ1n) is 8.96. The molecule has 5 nitrogen and oxygen atoms in total. The Labute approximate surface area is 165 Å². The van der Waals surface area contributed by atoms with Gasteiger partial charge in [0.05, 0.1) is 5.69 Å². The molecule has 1 N–H and O–H groups in total. The van der Waals surface area contributed by atoms with Crippen molar-refractivity contribution in [1.82, 2.24) is 4.98 Å². The van der Waals surface area contributed by atoms with Crippen LogP contribution in [-0.2, 0) is 4.74 Å². The Balaban J connectivity index is 2.27. The number of anilines is 1. The summed E-state index contributed by atoms with van der Waals surface area (Å²) in [6, 6.07) is 1.53. The van der Waals surface area contributed by atoms with Crippen molar-refractivity contribution in [1.29, 1.82) is 0 Å². The molecular weight excluding hydrogens is 373 g/mol. The third-order valence-corrected chi connectivity index (χ3v) is 4.91. The van der Waals surface area contributed by atoms with Crippen molar-refractivity contribution in [2.24, 2.45) is 16.8 Å². The maximum absolute atomic E-state index is 12.1. The number of rotatable bonds is 3. The Morgan fingerprint density at radius 1 is 1.27 bits per heavy atom. The topological polar surface area (TPSA) is 63.6 Å². The normalized spacial score (nSPS) is 21.4. The number of aromatic nitrogens is 1. The van der Waals surface area contributed by atoms with Crippen LogP contribution in [0, 0.1) is 11.8 Å². The summed E-state index contributed by atoms with van der Waals surface area (Å²) in [6.07, 6.45) is 4.05. The van der Waals surface area contributed by atoms with Crippen LogP contribution in [0.3, 0.4) is 0 Å². The number of nitrogens with one attached hydrogen (secondary N) is 1. The summed E-state index contributed by atoms with van der Waals surface area (Å²) in [5.41, 5.74) is 1.20. The van der Waals surface area contributed by atoms with E-state index in [0.717, 1.165) is 24.5 Å². The van der Waals surface area contributed by atoms with Crippen LogP contribution in [0.15, 0.2) is 11.1 Å². The molecule has 0 aromatic carbocycles. The van der Waals surface area contributed by atoms with E-state index in [9.17, 15) is 4.79 Å². The SMILES string of the molecule is C/C(=N\c1c(NC(=O)OC(C)(C)C)cc(Cl)nc1Cl)[C@H]1CC[C@H](C)CC1. The Morgan fingerprint density at radius 2 is 1.88 bits per heavy atom. The fraction of sp³-hybridized carbons (Fsp3) is 0.632. The average Bonchev–Trinajstić information content (AvgIpc) is 2.49. The minimum atomic E-state index is -0.608. The van der Waals surface area contributed by atoms with Crippen molar-refractivity contribution in [2.75, 3.05) is 5.32 Å². The second-order valence-corrected chi connectivity index (χ2v) is 8.71. The van der Waals surface area contributed by atoms with Crippen molar-refractivity contribution in [2.45, 2.75) is 65.9 Å². The van der Waals surface area contributed by atoms with Crippen LogP contribution in [0.1, 0.15) is 60.3 Å². The number of pyridine rings is 1. The van der Waals surface area contributed by atoms with Gasteiger partial charge in [-0.2, -0.15) is 0 Å². The van der Waals surface area contributed by atoms with Gasteiger partial charge >= 0.3 is 6.09 Å². The highest BCUT2D eigenvalue weighted by atomic mass is 35.5.